The molecule has 0 rings (SSSR count). The Bertz CT molecular complexity index is 198. The van der Waals surface area contributed by atoms with Gasteiger partial charge in [0.05, 0.1) is 6.04 Å². The molecule has 0 aromatic rings. The van der Waals surface area contributed by atoms with Crippen LogP contribution in [0.5, 0.6) is 0 Å². The van der Waals surface area contributed by atoms with Gasteiger partial charge in [-0.15, -0.1) is 18.0 Å². The number of halogens is 1. The lowest BCUT2D eigenvalue weighted by Gasteiger charge is -2.16. The van der Waals surface area contributed by atoms with Crippen LogP contribution in [0.2, 0.25) is 0 Å². The SMILES string of the molecule is C#CC(NC(=O)NCCCl)C(C)C. The topological polar surface area (TPSA) is 41.1 Å². The van der Waals surface area contributed by atoms with Crippen molar-refractivity contribution in [2.24, 2.45) is 5.92 Å². The van der Waals surface area contributed by atoms with Crippen molar-refractivity contribution in [2.45, 2.75) is 19.9 Å². The average molecular weight is 203 g/mol. The van der Waals surface area contributed by atoms with Gasteiger partial charge in [-0.05, 0) is 5.92 Å². The fourth-order valence-corrected chi connectivity index (χ4v) is 0.848. The van der Waals surface area contributed by atoms with E-state index >= 15 is 0 Å². The lowest BCUT2D eigenvalue weighted by Crippen LogP contribution is -2.44. The van der Waals surface area contributed by atoms with Gasteiger partial charge in [0.25, 0.3) is 0 Å². The van der Waals surface area contributed by atoms with Crippen LogP contribution in [0.1, 0.15) is 13.8 Å². The highest BCUT2D eigenvalue weighted by atomic mass is 35.5. The standard InChI is InChI=1S/C9H15ClN2O/c1-4-8(7(2)3)12-9(13)11-6-5-10/h1,7-8H,5-6H2,2-3H3,(H2,11,12,13). The van der Waals surface area contributed by atoms with Crippen molar-refractivity contribution in [3.05, 3.63) is 0 Å². The zero-order valence-electron chi connectivity index (χ0n) is 7.93. The molecule has 0 aliphatic carbocycles. The van der Waals surface area contributed by atoms with Crippen LogP contribution in [0.25, 0.3) is 0 Å². The number of rotatable bonds is 4. The molecule has 0 aliphatic heterocycles. The summed E-state index contributed by atoms with van der Waals surface area (Å²) in [5.74, 6) is 3.13. The molecule has 0 saturated carbocycles. The summed E-state index contributed by atoms with van der Waals surface area (Å²) in [7, 11) is 0. The van der Waals surface area contributed by atoms with Gasteiger partial charge in [-0.3, -0.25) is 0 Å². The van der Waals surface area contributed by atoms with E-state index in [1.807, 2.05) is 13.8 Å². The lowest BCUT2D eigenvalue weighted by atomic mass is 10.1. The molecule has 3 nitrogen and oxygen atoms in total. The van der Waals surface area contributed by atoms with Crippen LogP contribution in [-0.2, 0) is 0 Å². The summed E-state index contributed by atoms with van der Waals surface area (Å²) in [5.41, 5.74) is 0. The van der Waals surface area contributed by atoms with Crippen molar-refractivity contribution in [3.8, 4) is 12.3 Å². The fraction of sp³-hybridized carbons (Fsp3) is 0.667. The predicted molar refractivity (Wildman–Crippen MR) is 54.7 cm³/mol. The Morgan fingerprint density at radius 2 is 2.23 bits per heavy atom. The Morgan fingerprint density at radius 3 is 2.62 bits per heavy atom. The first kappa shape index (κ1) is 12.1. The molecule has 0 saturated heterocycles. The molecule has 0 radical (unpaired) electrons. The van der Waals surface area contributed by atoms with E-state index in [1.165, 1.54) is 0 Å². The van der Waals surface area contributed by atoms with Crippen LogP contribution in [0.4, 0.5) is 4.79 Å². The Morgan fingerprint density at radius 1 is 1.62 bits per heavy atom. The third-order valence-corrected chi connectivity index (χ3v) is 1.70. The zero-order valence-corrected chi connectivity index (χ0v) is 8.69. The van der Waals surface area contributed by atoms with E-state index < -0.39 is 0 Å². The summed E-state index contributed by atoms with van der Waals surface area (Å²) < 4.78 is 0. The second kappa shape index (κ2) is 6.62. The van der Waals surface area contributed by atoms with Crippen molar-refractivity contribution in [1.29, 1.82) is 0 Å². The monoisotopic (exact) mass is 202 g/mol. The maximum absolute atomic E-state index is 11.1. The van der Waals surface area contributed by atoms with Gasteiger partial charge in [0, 0.05) is 12.4 Å². The predicted octanol–water partition coefficient (Wildman–Crippen LogP) is 1.18. The third kappa shape index (κ3) is 5.37. The molecule has 0 aliphatic rings. The van der Waals surface area contributed by atoms with Crippen molar-refractivity contribution in [1.82, 2.24) is 10.6 Å². The number of amides is 2. The molecule has 2 amide bonds. The summed E-state index contributed by atoms with van der Waals surface area (Å²) in [6, 6.07) is -0.493. The summed E-state index contributed by atoms with van der Waals surface area (Å²) in [6.07, 6.45) is 5.23. The van der Waals surface area contributed by atoms with E-state index in [0.717, 1.165) is 0 Å². The Kier molecular flexibility index (Phi) is 6.17. The molecule has 0 spiro atoms. The molecular weight excluding hydrogens is 188 g/mol. The van der Waals surface area contributed by atoms with Gasteiger partial charge in [0.15, 0.2) is 0 Å². The van der Waals surface area contributed by atoms with Crippen molar-refractivity contribution in [3.63, 3.8) is 0 Å². The molecule has 13 heavy (non-hydrogen) atoms. The number of alkyl halides is 1. The van der Waals surface area contributed by atoms with Crippen LogP contribution >= 0.6 is 11.6 Å². The van der Waals surface area contributed by atoms with Crippen molar-refractivity contribution < 1.29 is 4.79 Å². The first-order valence-corrected chi connectivity index (χ1v) is 4.71. The minimum atomic E-state index is -0.266. The number of carbonyl (C=O) groups is 1. The normalized spacial score (nSPS) is 11.9. The van der Waals surface area contributed by atoms with Crippen molar-refractivity contribution in [2.75, 3.05) is 12.4 Å². The van der Waals surface area contributed by atoms with Gasteiger partial charge in [0.1, 0.15) is 0 Å². The van der Waals surface area contributed by atoms with E-state index in [0.29, 0.717) is 12.4 Å². The van der Waals surface area contributed by atoms with Crippen LogP contribution < -0.4 is 10.6 Å². The highest BCUT2D eigenvalue weighted by Gasteiger charge is 2.11. The number of terminal acetylenes is 1. The molecule has 0 bridgehead atoms. The van der Waals surface area contributed by atoms with Gasteiger partial charge >= 0.3 is 6.03 Å². The molecule has 4 heteroatoms. The zero-order chi connectivity index (χ0) is 10.3. The maximum Gasteiger partial charge on any atom is 0.315 e. The van der Waals surface area contributed by atoms with Gasteiger partial charge in [-0.25, -0.2) is 4.79 Å². The van der Waals surface area contributed by atoms with E-state index in [4.69, 9.17) is 18.0 Å². The smallest absolute Gasteiger partial charge is 0.315 e. The fourth-order valence-electron chi connectivity index (χ4n) is 0.754. The van der Waals surface area contributed by atoms with E-state index in [1.54, 1.807) is 0 Å². The molecule has 0 fully saturated rings. The first-order chi connectivity index (χ1) is 6.11. The van der Waals surface area contributed by atoms with Crippen LogP contribution in [0, 0.1) is 18.3 Å². The second-order valence-corrected chi connectivity index (χ2v) is 3.36. The number of hydrogen-bond donors (Lipinski definition) is 2. The summed E-state index contributed by atoms with van der Waals surface area (Å²) >= 11 is 5.40. The van der Waals surface area contributed by atoms with Gasteiger partial charge in [-0.1, -0.05) is 19.8 Å². The van der Waals surface area contributed by atoms with Gasteiger partial charge < -0.3 is 10.6 Å². The molecule has 2 N–H and O–H groups in total. The summed E-state index contributed by atoms with van der Waals surface area (Å²) in [5, 5.41) is 5.23. The molecule has 1 atom stereocenters. The number of carbonyl (C=O) groups excluding carboxylic acids is 1. The molecule has 0 aromatic carbocycles. The Balaban J connectivity index is 3.82. The minimum Gasteiger partial charge on any atom is -0.337 e. The molecule has 1 unspecified atom stereocenters. The van der Waals surface area contributed by atoms with Crippen LogP contribution in [0.3, 0.4) is 0 Å². The summed E-state index contributed by atoms with van der Waals surface area (Å²) in [6.45, 7) is 4.35. The van der Waals surface area contributed by atoms with Gasteiger partial charge in [-0.2, -0.15) is 0 Å². The molecule has 0 heterocycles. The number of urea groups is 1. The van der Waals surface area contributed by atoms with E-state index in [9.17, 15) is 4.79 Å². The highest BCUT2D eigenvalue weighted by Crippen LogP contribution is 1.98. The number of nitrogens with one attached hydrogen (secondary N) is 2. The average Bonchev–Trinajstić information content (AvgIpc) is 2.10. The Labute approximate surface area is 84.2 Å². The van der Waals surface area contributed by atoms with Crippen LogP contribution in [-0.4, -0.2) is 24.5 Å². The third-order valence-electron chi connectivity index (χ3n) is 1.51. The molecule has 74 valence electrons. The van der Waals surface area contributed by atoms with E-state index in [-0.39, 0.29) is 18.0 Å². The quantitative estimate of drug-likeness (QED) is 0.522. The Hall–Kier alpha value is -0.880. The highest BCUT2D eigenvalue weighted by molar-refractivity contribution is 6.18. The van der Waals surface area contributed by atoms with Crippen LogP contribution in [0.15, 0.2) is 0 Å². The minimum absolute atomic E-state index is 0.227. The second-order valence-electron chi connectivity index (χ2n) is 2.98. The van der Waals surface area contributed by atoms with Gasteiger partial charge in [0.2, 0.25) is 0 Å². The molecule has 0 aromatic heterocycles. The van der Waals surface area contributed by atoms with Crippen molar-refractivity contribution >= 4 is 17.6 Å². The molecular formula is C9H15ClN2O. The maximum atomic E-state index is 11.1. The largest absolute Gasteiger partial charge is 0.337 e. The van der Waals surface area contributed by atoms with E-state index in [2.05, 4.69) is 16.6 Å². The lowest BCUT2D eigenvalue weighted by molar-refractivity contribution is 0.237. The summed E-state index contributed by atoms with van der Waals surface area (Å²) in [4.78, 5) is 11.1. The first-order valence-electron chi connectivity index (χ1n) is 4.18. The number of hydrogen-bond acceptors (Lipinski definition) is 1.